The van der Waals surface area contributed by atoms with E-state index in [9.17, 15) is 4.79 Å². The van der Waals surface area contributed by atoms with Crippen molar-refractivity contribution < 1.29 is 4.79 Å². The number of anilines is 2. The highest BCUT2D eigenvalue weighted by Crippen LogP contribution is 2.22. The van der Waals surface area contributed by atoms with Gasteiger partial charge in [-0.1, -0.05) is 24.3 Å². The molecule has 3 heteroatoms. The van der Waals surface area contributed by atoms with Crippen molar-refractivity contribution in [2.24, 2.45) is 0 Å². The molecule has 0 saturated carbocycles. The Bertz CT molecular complexity index is 642. The summed E-state index contributed by atoms with van der Waals surface area (Å²) in [6.45, 7) is 8.54. The average molecular weight is 282 g/mol. The van der Waals surface area contributed by atoms with E-state index in [0.717, 1.165) is 23.5 Å². The summed E-state index contributed by atoms with van der Waals surface area (Å²) in [7, 11) is 0. The molecule has 21 heavy (non-hydrogen) atoms. The van der Waals surface area contributed by atoms with Crippen LogP contribution in [0.15, 0.2) is 36.4 Å². The Kier molecular flexibility index (Phi) is 4.63. The minimum absolute atomic E-state index is 0.0509. The van der Waals surface area contributed by atoms with Gasteiger partial charge >= 0.3 is 0 Å². The smallest absolute Gasteiger partial charge is 0.221 e. The number of hydrogen-bond donors (Lipinski definition) is 2. The summed E-state index contributed by atoms with van der Waals surface area (Å²) in [6.07, 6.45) is 0. The van der Waals surface area contributed by atoms with E-state index >= 15 is 0 Å². The maximum Gasteiger partial charge on any atom is 0.221 e. The summed E-state index contributed by atoms with van der Waals surface area (Å²) in [5, 5.41) is 6.29. The van der Waals surface area contributed by atoms with Gasteiger partial charge in [0.2, 0.25) is 5.91 Å². The van der Waals surface area contributed by atoms with Crippen molar-refractivity contribution in [1.29, 1.82) is 0 Å². The van der Waals surface area contributed by atoms with Crippen LogP contribution in [0.5, 0.6) is 0 Å². The molecule has 0 saturated heterocycles. The molecule has 110 valence electrons. The molecule has 0 spiro atoms. The maximum absolute atomic E-state index is 11.2. The van der Waals surface area contributed by atoms with Gasteiger partial charge in [-0.2, -0.15) is 0 Å². The fraction of sp³-hybridized carbons (Fsp3) is 0.278. The molecule has 0 radical (unpaired) electrons. The molecule has 0 atom stereocenters. The normalized spacial score (nSPS) is 10.3. The van der Waals surface area contributed by atoms with Crippen LogP contribution in [0.4, 0.5) is 11.4 Å². The number of carbonyl (C=O) groups excluding carboxylic acids is 1. The van der Waals surface area contributed by atoms with E-state index in [4.69, 9.17) is 0 Å². The molecule has 1 amide bonds. The molecule has 2 N–H and O–H groups in total. The van der Waals surface area contributed by atoms with Crippen LogP contribution in [-0.4, -0.2) is 5.91 Å². The molecule has 0 heterocycles. The number of amides is 1. The second-order valence-corrected chi connectivity index (χ2v) is 5.43. The standard InChI is InChI=1S/C18H22N2O/c1-12-6-5-7-13(2)17(12)11-19-16-9-8-14(3)18(10-16)20-15(4)21/h5-10,19H,11H2,1-4H3,(H,20,21). The molecule has 0 aliphatic carbocycles. The molecule has 0 aromatic heterocycles. The highest BCUT2D eigenvalue weighted by atomic mass is 16.1. The van der Waals surface area contributed by atoms with Gasteiger partial charge in [-0.15, -0.1) is 0 Å². The molecular formula is C18H22N2O. The Labute approximate surface area is 126 Å². The molecule has 0 unspecified atom stereocenters. The van der Waals surface area contributed by atoms with Crippen molar-refractivity contribution in [2.45, 2.75) is 34.2 Å². The lowest BCUT2D eigenvalue weighted by molar-refractivity contribution is -0.114. The fourth-order valence-corrected chi connectivity index (χ4v) is 2.37. The van der Waals surface area contributed by atoms with Gasteiger partial charge in [0.1, 0.15) is 0 Å². The SMILES string of the molecule is CC(=O)Nc1cc(NCc2c(C)cccc2C)ccc1C. The Hall–Kier alpha value is -2.29. The Morgan fingerprint density at radius 1 is 1.00 bits per heavy atom. The zero-order valence-electron chi connectivity index (χ0n) is 13.1. The number of aryl methyl sites for hydroxylation is 3. The second-order valence-electron chi connectivity index (χ2n) is 5.43. The highest BCUT2D eigenvalue weighted by Gasteiger charge is 2.04. The quantitative estimate of drug-likeness (QED) is 0.883. The van der Waals surface area contributed by atoms with Crippen molar-refractivity contribution in [2.75, 3.05) is 10.6 Å². The molecule has 0 aliphatic rings. The van der Waals surface area contributed by atoms with Crippen molar-refractivity contribution in [1.82, 2.24) is 0 Å². The first-order valence-electron chi connectivity index (χ1n) is 7.14. The number of carbonyl (C=O) groups is 1. The summed E-state index contributed by atoms with van der Waals surface area (Å²) in [6, 6.07) is 12.4. The van der Waals surface area contributed by atoms with Crippen LogP contribution in [-0.2, 0) is 11.3 Å². The molecule has 0 fully saturated rings. The molecule has 2 aromatic carbocycles. The van der Waals surface area contributed by atoms with Crippen molar-refractivity contribution in [3.05, 3.63) is 58.7 Å². The zero-order chi connectivity index (χ0) is 15.4. The average Bonchev–Trinajstić information content (AvgIpc) is 2.41. The Morgan fingerprint density at radius 3 is 2.29 bits per heavy atom. The molecule has 0 aliphatic heterocycles. The van der Waals surface area contributed by atoms with Gasteiger partial charge in [-0.3, -0.25) is 4.79 Å². The van der Waals surface area contributed by atoms with E-state index in [1.165, 1.54) is 23.6 Å². The van der Waals surface area contributed by atoms with Crippen molar-refractivity contribution in [3.8, 4) is 0 Å². The van der Waals surface area contributed by atoms with Gasteiger partial charge in [0.25, 0.3) is 0 Å². The summed E-state index contributed by atoms with van der Waals surface area (Å²) >= 11 is 0. The molecule has 2 aromatic rings. The van der Waals surface area contributed by atoms with Crippen LogP contribution in [0.3, 0.4) is 0 Å². The predicted molar refractivity (Wildman–Crippen MR) is 88.7 cm³/mol. The predicted octanol–water partition coefficient (Wildman–Crippen LogP) is 4.18. The summed E-state index contributed by atoms with van der Waals surface area (Å²) in [5.74, 6) is -0.0509. The minimum atomic E-state index is -0.0509. The zero-order valence-corrected chi connectivity index (χ0v) is 13.1. The maximum atomic E-state index is 11.2. The van der Waals surface area contributed by atoms with Gasteiger partial charge in [0.05, 0.1) is 0 Å². The van der Waals surface area contributed by atoms with E-state index < -0.39 is 0 Å². The molecule has 0 bridgehead atoms. The van der Waals surface area contributed by atoms with Crippen LogP contribution in [0, 0.1) is 20.8 Å². The monoisotopic (exact) mass is 282 g/mol. The van der Waals surface area contributed by atoms with E-state index in [1.54, 1.807) is 0 Å². The highest BCUT2D eigenvalue weighted by molar-refractivity contribution is 5.90. The van der Waals surface area contributed by atoms with Crippen LogP contribution < -0.4 is 10.6 Å². The van der Waals surface area contributed by atoms with Gasteiger partial charge < -0.3 is 10.6 Å². The lowest BCUT2D eigenvalue weighted by atomic mass is 10.0. The first-order chi connectivity index (χ1) is 9.97. The molecule has 2 rings (SSSR count). The second kappa shape index (κ2) is 6.44. The van der Waals surface area contributed by atoms with Crippen LogP contribution >= 0.6 is 0 Å². The topological polar surface area (TPSA) is 41.1 Å². The van der Waals surface area contributed by atoms with Crippen LogP contribution in [0.25, 0.3) is 0 Å². The molecular weight excluding hydrogens is 260 g/mol. The largest absolute Gasteiger partial charge is 0.381 e. The number of benzene rings is 2. The van der Waals surface area contributed by atoms with E-state index in [1.807, 2.05) is 25.1 Å². The Morgan fingerprint density at radius 2 is 1.67 bits per heavy atom. The lowest BCUT2D eigenvalue weighted by Crippen LogP contribution is -2.08. The number of hydrogen-bond acceptors (Lipinski definition) is 2. The number of rotatable bonds is 4. The van der Waals surface area contributed by atoms with Gasteiger partial charge in [-0.25, -0.2) is 0 Å². The van der Waals surface area contributed by atoms with E-state index in [-0.39, 0.29) is 5.91 Å². The summed E-state index contributed by atoms with van der Waals surface area (Å²) in [4.78, 5) is 11.2. The van der Waals surface area contributed by atoms with Crippen LogP contribution in [0.1, 0.15) is 29.2 Å². The van der Waals surface area contributed by atoms with Crippen molar-refractivity contribution >= 4 is 17.3 Å². The summed E-state index contributed by atoms with van der Waals surface area (Å²) in [5.41, 5.74) is 6.82. The first kappa shape index (κ1) is 15.1. The van der Waals surface area contributed by atoms with Crippen molar-refractivity contribution in [3.63, 3.8) is 0 Å². The third kappa shape index (κ3) is 3.85. The third-order valence-corrected chi connectivity index (χ3v) is 3.66. The fourth-order valence-electron chi connectivity index (χ4n) is 2.37. The van der Waals surface area contributed by atoms with Gasteiger partial charge in [-0.05, 0) is 55.2 Å². The van der Waals surface area contributed by atoms with E-state index in [0.29, 0.717) is 0 Å². The third-order valence-electron chi connectivity index (χ3n) is 3.66. The Balaban J connectivity index is 2.15. The van der Waals surface area contributed by atoms with Gasteiger partial charge in [0, 0.05) is 24.8 Å². The van der Waals surface area contributed by atoms with Crippen LogP contribution in [0.2, 0.25) is 0 Å². The lowest BCUT2D eigenvalue weighted by Gasteiger charge is -2.14. The number of nitrogens with one attached hydrogen (secondary N) is 2. The summed E-state index contributed by atoms with van der Waals surface area (Å²) < 4.78 is 0. The molecule has 3 nitrogen and oxygen atoms in total. The minimum Gasteiger partial charge on any atom is -0.381 e. The van der Waals surface area contributed by atoms with Gasteiger partial charge in [0.15, 0.2) is 0 Å². The first-order valence-corrected chi connectivity index (χ1v) is 7.14. The van der Waals surface area contributed by atoms with E-state index in [2.05, 4.69) is 42.7 Å².